The zero-order valence-corrected chi connectivity index (χ0v) is 14.7. The molecule has 23 heavy (non-hydrogen) atoms. The van der Waals surface area contributed by atoms with E-state index >= 15 is 0 Å². The molecule has 3 unspecified atom stereocenters. The monoisotopic (exact) mass is 384 g/mol. The van der Waals surface area contributed by atoms with Gasteiger partial charge in [-0.2, -0.15) is 37.9 Å². The highest BCUT2D eigenvalue weighted by molar-refractivity contribution is 7.80. The van der Waals surface area contributed by atoms with Crippen molar-refractivity contribution in [3.05, 3.63) is 0 Å². The molecule has 0 aliphatic heterocycles. The van der Waals surface area contributed by atoms with E-state index in [-0.39, 0.29) is 17.3 Å². The van der Waals surface area contributed by atoms with Gasteiger partial charge in [-0.3, -0.25) is 19.2 Å². The van der Waals surface area contributed by atoms with Crippen LogP contribution in [0.5, 0.6) is 0 Å². The van der Waals surface area contributed by atoms with E-state index in [1.807, 2.05) is 0 Å². The van der Waals surface area contributed by atoms with Crippen LogP contribution in [0.25, 0.3) is 0 Å². The van der Waals surface area contributed by atoms with Gasteiger partial charge in [0.1, 0.15) is 18.6 Å². The first-order valence-electron chi connectivity index (χ1n) is 6.45. The summed E-state index contributed by atoms with van der Waals surface area (Å²) in [6.45, 7) is -0.581. The van der Waals surface area contributed by atoms with Crippen molar-refractivity contribution in [2.75, 3.05) is 23.8 Å². The van der Waals surface area contributed by atoms with Gasteiger partial charge in [0, 0.05) is 17.3 Å². The van der Waals surface area contributed by atoms with Crippen LogP contribution < -0.4 is 21.7 Å². The molecule has 0 saturated heterocycles. The first kappa shape index (κ1) is 21.9. The number of nitrogens with two attached hydrogens (primary N) is 1. The minimum atomic E-state index is -1.22. The molecule has 3 atom stereocenters. The summed E-state index contributed by atoms with van der Waals surface area (Å²) < 4.78 is 0. The fourth-order valence-electron chi connectivity index (χ4n) is 1.31. The fraction of sp³-hybridized carbons (Fsp3) is 0.636. The molecule has 0 heterocycles. The number of amides is 3. The lowest BCUT2D eigenvalue weighted by Gasteiger charge is -2.21. The van der Waals surface area contributed by atoms with Crippen molar-refractivity contribution in [2.45, 2.75) is 18.1 Å². The lowest BCUT2D eigenvalue weighted by atomic mass is 10.2. The van der Waals surface area contributed by atoms with Gasteiger partial charge in [0.05, 0.1) is 6.04 Å². The summed E-state index contributed by atoms with van der Waals surface area (Å²) in [5.74, 6) is -3.14. The van der Waals surface area contributed by atoms with Gasteiger partial charge in [0.15, 0.2) is 0 Å². The van der Waals surface area contributed by atoms with Gasteiger partial charge in [-0.25, -0.2) is 0 Å². The normalized spacial score (nSPS) is 14.3. The molecule has 0 aliphatic rings. The van der Waals surface area contributed by atoms with Gasteiger partial charge >= 0.3 is 5.97 Å². The van der Waals surface area contributed by atoms with E-state index in [4.69, 9.17) is 10.8 Å². The molecular formula is C11H20N4O5S3. The molecule has 0 radical (unpaired) electrons. The fourth-order valence-corrected chi connectivity index (χ4v) is 1.99. The van der Waals surface area contributed by atoms with Gasteiger partial charge < -0.3 is 26.8 Å². The predicted octanol–water partition coefficient (Wildman–Crippen LogP) is -2.73. The van der Waals surface area contributed by atoms with E-state index in [0.717, 1.165) is 0 Å². The summed E-state index contributed by atoms with van der Waals surface area (Å²) in [6.07, 6.45) is 0. The third-order valence-corrected chi connectivity index (χ3v) is 3.70. The molecule has 12 heteroatoms. The van der Waals surface area contributed by atoms with Crippen molar-refractivity contribution < 1.29 is 24.3 Å². The minimum absolute atomic E-state index is 0.0209. The van der Waals surface area contributed by atoms with Crippen LogP contribution >= 0.6 is 37.9 Å². The Morgan fingerprint density at radius 1 is 0.870 bits per heavy atom. The lowest BCUT2D eigenvalue weighted by Crippen LogP contribution is -2.57. The highest BCUT2D eigenvalue weighted by Crippen LogP contribution is 1.95. The number of carbonyl (C=O) groups excluding carboxylic acids is 3. The smallest absolute Gasteiger partial charge is 0.322 e. The van der Waals surface area contributed by atoms with E-state index in [9.17, 15) is 19.2 Å². The molecule has 0 bridgehead atoms. The lowest BCUT2D eigenvalue weighted by molar-refractivity contribution is -0.138. The second kappa shape index (κ2) is 11.4. The van der Waals surface area contributed by atoms with Gasteiger partial charge in [-0.05, 0) is 0 Å². The van der Waals surface area contributed by atoms with Crippen LogP contribution in [0, 0.1) is 0 Å². The number of carbonyl (C=O) groups is 4. The predicted molar refractivity (Wildman–Crippen MR) is 94.0 cm³/mol. The van der Waals surface area contributed by atoms with Gasteiger partial charge in [-0.1, -0.05) is 0 Å². The number of rotatable bonds is 10. The van der Waals surface area contributed by atoms with E-state index in [1.165, 1.54) is 0 Å². The summed E-state index contributed by atoms with van der Waals surface area (Å²) >= 11 is 11.8. The number of aliphatic carboxylic acids is 1. The number of carboxylic acid groups (broad SMARTS) is 1. The molecule has 0 aromatic rings. The summed E-state index contributed by atoms with van der Waals surface area (Å²) in [4.78, 5) is 45.9. The van der Waals surface area contributed by atoms with Crippen LogP contribution in [-0.2, 0) is 19.2 Å². The van der Waals surface area contributed by atoms with Crippen LogP contribution in [0.1, 0.15) is 0 Å². The van der Waals surface area contributed by atoms with Crippen molar-refractivity contribution in [3.8, 4) is 0 Å². The second-order valence-electron chi connectivity index (χ2n) is 4.39. The maximum atomic E-state index is 12.1. The van der Waals surface area contributed by atoms with Gasteiger partial charge in [0.25, 0.3) is 0 Å². The SMILES string of the molecule is NC(CS)C(=O)NC(CS)C(=O)NC(CS)C(=O)NCC(=O)O. The van der Waals surface area contributed by atoms with Crippen molar-refractivity contribution in [3.63, 3.8) is 0 Å². The molecule has 0 fully saturated rings. The molecule has 0 spiro atoms. The molecule has 0 rings (SSSR count). The molecule has 0 aromatic heterocycles. The average molecular weight is 385 g/mol. The summed E-state index contributed by atoms with van der Waals surface area (Å²) in [7, 11) is 0. The Morgan fingerprint density at radius 2 is 1.35 bits per heavy atom. The third kappa shape index (κ3) is 8.34. The molecule has 6 N–H and O–H groups in total. The number of hydrogen-bond acceptors (Lipinski definition) is 8. The number of carboxylic acids is 1. The Balaban J connectivity index is 4.67. The van der Waals surface area contributed by atoms with Crippen LogP contribution in [0.15, 0.2) is 0 Å². The molecule has 0 aromatic carbocycles. The van der Waals surface area contributed by atoms with Gasteiger partial charge in [-0.15, -0.1) is 0 Å². The zero-order chi connectivity index (χ0) is 18.0. The Labute approximate surface area is 149 Å². The number of thiol groups is 3. The zero-order valence-electron chi connectivity index (χ0n) is 12.1. The van der Waals surface area contributed by atoms with Crippen LogP contribution in [0.4, 0.5) is 0 Å². The average Bonchev–Trinajstić information content (AvgIpc) is 2.53. The quantitative estimate of drug-likeness (QED) is 0.192. The van der Waals surface area contributed by atoms with Crippen molar-refractivity contribution in [1.82, 2.24) is 16.0 Å². The van der Waals surface area contributed by atoms with Crippen molar-refractivity contribution in [2.24, 2.45) is 5.73 Å². The molecule has 0 saturated carbocycles. The highest BCUT2D eigenvalue weighted by atomic mass is 32.1. The number of nitrogens with one attached hydrogen (secondary N) is 3. The largest absolute Gasteiger partial charge is 0.480 e. The van der Waals surface area contributed by atoms with Crippen LogP contribution in [-0.4, -0.2) is 70.7 Å². The van der Waals surface area contributed by atoms with E-state index in [1.54, 1.807) is 0 Å². The maximum Gasteiger partial charge on any atom is 0.322 e. The van der Waals surface area contributed by atoms with E-state index in [0.29, 0.717) is 0 Å². The molecule has 0 aliphatic carbocycles. The third-order valence-electron chi connectivity index (χ3n) is 2.58. The van der Waals surface area contributed by atoms with E-state index in [2.05, 4.69) is 53.8 Å². The van der Waals surface area contributed by atoms with Crippen molar-refractivity contribution in [1.29, 1.82) is 0 Å². The first-order valence-corrected chi connectivity index (χ1v) is 8.34. The molecular weight excluding hydrogens is 364 g/mol. The summed E-state index contributed by atoms with van der Waals surface area (Å²) in [5.41, 5.74) is 5.49. The Morgan fingerprint density at radius 3 is 1.78 bits per heavy atom. The van der Waals surface area contributed by atoms with Crippen LogP contribution in [0.3, 0.4) is 0 Å². The first-order chi connectivity index (χ1) is 10.8. The summed E-state index contributed by atoms with van der Waals surface area (Å²) in [6, 6.07) is -2.94. The molecule has 9 nitrogen and oxygen atoms in total. The molecule has 132 valence electrons. The van der Waals surface area contributed by atoms with Crippen molar-refractivity contribution >= 4 is 61.6 Å². The Hall–Kier alpha value is -1.11. The minimum Gasteiger partial charge on any atom is -0.480 e. The van der Waals surface area contributed by atoms with E-state index < -0.39 is 48.4 Å². The highest BCUT2D eigenvalue weighted by Gasteiger charge is 2.26. The Bertz CT molecular complexity index is 451. The summed E-state index contributed by atoms with van der Waals surface area (Å²) in [5, 5.41) is 15.4. The van der Waals surface area contributed by atoms with Crippen LogP contribution in [0.2, 0.25) is 0 Å². The second-order valence-corrected chi connectivity index (χ2v) is 5.48. The maximum absolute atomic E-state index is 12.1. The Kier molecular flexibility index (Phi) is 10.9. The standard InChI is InChI=1S/C11H20N4O5S3/c12-5(2-21)9(18)14-7(4-23)11(20)15-6(3-22)10(19)13-1-8(16)17/h5-7,21-23H,1-4,12H2,(H,13,19)(H,14,18)(H,15,20)(H,16,17). The van der Waals surface area contributed by atoms with Gasteiger partial charge in [0.2, 0.25) is 17.7 Å². The number of hydrogen-bond donors (Lipinski definition) is 8. The molecule has 3 amide bonds. The topological polar surface area (TPSA) is 151 Å².